The second-order valence-electron chi connectivity index (χ2n) is 6.38. The Balaban J connectivity index is 1.59. The Labute approximate surface area is 175 Å². The first-order valence-corrected chi connectivity index (χ1v) is 10.3. The van der Waals surface area contributed by atoms with Gasteiger partial charge < -0.3 is 10.1 Å². The van der Waals surface area contributed by atoms with Crippen LogP contribution in [0.3, 0.4) is 0 Å². The molecule has 1 amide bonds. The molecule has 0 aliphatic heterocycles. The predicted molar refractivity (Wildman–Crippen MR) is 116 cm³/mol. The van der Waals surface area contributed by atoms with Crippen molar-refractivity contribution < 1.29 is 9.53 Å². The third-order valence-corrected chi connectivity index (χ3v) is 5.72. The van der Waals surface area contributed by atoms with E-state index >= 15 is 0 Å². The number of nitrogens with one attached hydrogen (secondary N) is 1. The topological polar surface area (TPSA) is 38.3 Å². The average Bonchev–Trinajstić information content (AvgIpc) is 2.73. The van der Waals surface area contributed by atoms with Crippen molar-refractivity contribution in [3.8, 4) is 5.75 Å². The summed E-state index contributed by atoms with van der Waals surface area (Å²) in [6.07, 6.45) is 0. The number of rotatable bonds is 7. The largest absolute Gasteiger partial charge is 0.496 e. The van der Waals surface area contributed by atoms with E-state index in [1.54, 1.807) is 18.9 Å². The van der Waals surface area contributed by atoms with Crippen molar-refractivity contribution >= 4 is 29.3 Å². The maximum atomic E-state index is 12.6. The lowest BCUT2D eigenvalue weighted by molar-refractivity contribution is 0.0939. The molecule has 0 bridgehead atoms. The van der Waals surface area contributed by atoms with Crippen molar-refractivity contribution in [3.63, 3.8) is 0 Å². The molecule has 1 atom stereocenters. The van der Waals surface area contributed by atoms with E-state index in [1.165, 1.54) is 0 Å². The van der Waals surface area contributed by atoms with E-state index in [4.69, 9.17) is 16.3 Å². The summed E-state index contributed by atoms with van der Waals surface area (Å²) >= 11 is 7.65. The number of hydrogen-bond acceptors (Lipinski definition) is 3. The minimum Gasteiger partial charge on any atom is -0.496 e. The number of carbonyl (C=O) groups excluding carboxylic acids is 1. The molecule has 3 aromatic carbocycles. The fraction of sp³-hybridized carbons (Fsp3) is 0.174. The summed E-state index contributed by atoms with van der Waals surface area (Å²) in [7, 11) is 1.63. The predicted octanol–water partition coefficient (Wildman–Crippen LogP) is 6.13. The number of hydrogen-bond donors (Lipinski definition) is 1. The van der Waals surface area contributed by atoms with Crippen molar-refractivity contribution in [2.45, 2.75) is 23.6 Å². The van der Waals surface area contributed by atoms with Crippen LogP contribution in [0.2, 0.25) is 5.02 Å². The average molecular weight is 412 g/mol. The number of para-hydroxylation sites is 1. The summed E-state index contributed by atoms with van der Waals surface area (Å²) in [5, 5.41) is 3.77. The SMILES string of the molecule is COc1ccccc1C(C)NC(=O)c1ccc(CSc2ccc(Cl)cc2)cc1. The van der Waals surface area contributed by atoms with Crippen LogP contribution in [-0.2, 0) is 5.75 Å². The summed E-state index contributed by atoms with van der Waals surface area (Å²) < 4.78 is 5.38. The summed E-state index contributed by atoms with van der Waals surface area (Å²) in [4.78, 5) is 13.7. The van der Waals surface area contributed by atoms with Gasteiger partial charge in [0.05, 0.1) is 13.2 Å². The fourth-order valence-electron chi connectivity index (χ4n) is 2.83. The van der Waals surface area contributed by atoms with Crippen LogP contribution in [0.25, 0.3) is 0 Å². The quantitative estimate of drug-likeness (QED) is 0.475. The Morgan fingerprint density at radius 3 is 2.39 bits per heavy atom. The number of carbonyl (C=O) groups is 1. The molecular weight excluding hydrogens is 390 g/mol. The molecule has 0 fully saturated rings. The number of benzene rings is 3. The van der Waals surface area contributed by atoms with Crippen LogP contribution in [-0.4, -0.2) is 13.0 Å². The first-order chi connectivity index (χ1) is 13.6. The molecule has 0 spiro atoms. The van der Waals surface area contributed by atoms with E-state index in [0.29, 0.717) is 5.56 Å². The minimum atomic E-state index is -0.149. The summed E-state index contributed by atoms with van der Waals surface area (Å²) in [5.41, 5.74) is 2.76. The van der Waals surface area contributed by atoms with Gasteiger partial charge in [-0.3, -0.25) is 4.79 Å². The molecule has 0 saturated carbocycles. The highest BCUT2D eigenvalue weighted by molar-refractivity contribution is 7.98. The van der Waals surface area contributed by atoms with Crippen LogP contribution in [0, 0.1) is 0 Å². The molecule has 0 aliphatic carbocycles. The molecule has 3 nitrogen and oxygen atoms in total. The first kappa shape index (κ1) is 20.3. The standard InChI is InChI=1S/C23H22ClNO2S/c1-16(21-5-3-4-6-22(21)27-2)25-23(26)18-9-7-17(8-10-18)15-28-20-13-11-19(24)12-14-20/h3-14,16H,15H2,1-2H3,(H,25,26). The summed E-state index contributed by atoms with van der Waals surface area (Å²) in [6, 6.07) is 23.1. The van der Waals surface area contributed by atoms with Crippen LogP contribution >= 0.6 is 23.4 Å². The van der Waals surface area contributed by atoms with Crippen LogP contribution in [0.15, 0.2) is 77.7 Å². The molecule has 144 valence electrons. The van der Waals surface area contributed by atoms with Gasteiger partial charge in [0, 0.05) is 26.8 Å². The molecular formula is C23H22ClNO2S. The zero-order valence-corrected chi connectivity index (χ0v) is 17.4. The van der Waals surface area contributed by atoms with Crippen molar-refractivity contribution in [2.75, 3.05) is 7.11 Å². The van der Waals surface area contributed by atoms with Crippen molar-refractivity contribution in [2.24, 2.45) is 0 Å². The van der Waals surface area contributed by atoms with E-state index in [9.17, 15) is 4.79 Å². The minimum absolute atomic E-state index is 0.102. The highest BCUT2D eigenvalue weighted by Crippen LogP contribution is 2.26. The molecule has 0 heterocycles. The van der Waals surface area contributed by atoms with Gasteiger partial charge in [-0.05, 0) is 55.0 Å². The third kappa shape index (κ3) is 5.31. The van der Waals surface area contributed by atoms with Gasteiger partial charge >= 0.3 is 0 Å². The lowest BCUT2D eigenvalue weighted by Crippen LogP contribution is -2.26. The van der Waals surface area contributed by atoms with E-state index < -0.39 is 0 Å². The summed E-state index contributed by atoms with van der Waals surface area (Å²) in [6.45, 7) is 1.95. The van der Waals surface area contributed by atoms with Gasteiger partial charge in [-0.2, -0.15) is 0 Å². The zero-order chi connectivity index (χ0) is 19.9. The van der Waals surface area contributed by atoms with Gasteiger partial charge in [0.2, 0.25) is 0 Å². The van der Waals surface area contributed by atoms with Gasteiger partial charge in [0.1, 0.15) is 5.75 Å². The van der Waals surface area contributed by atoms with Crippen molar-refractivity contribution in [3.05, 3.63) is 94.5 Å². The van der Waals surface area contributed by atoms with Gasteiger partial charge in [-0.1, -0.05) is 41.9 Å². The van der Waals surface area contributed by atoms with Gasteiger partial charge in [0.25, 0.3) is 5.91 Å². The zero-order valence-electron chi connectivity index (χ0n) is 15.8. The number of ether oxygens (including phenoxy) is 1. The Hall–Kier alpha value is -2.43. The van der Waals surface area contributed by atoms with Crippen LogP contribution in [0.4, 0.5) is 0 Å². The molecule has 3 rings (SSSR count). The fourth-order valence-corrected chi connectivity index (χ4v) is 3.81. The normalized spacial score (nSPS) is 11.7. The van der Waals surface area contributed by atoms with Crippen molar-refractivity contribution in [1.82, 2.24) is 5.32 Å². The Bertz CT molecular complexity index is 926. The molecule has 0 radical (unpaired) electrons. The second-order valence-corrected chi connectivity index (χ2v) is 7.86. The van der Waals surface area contributed by atoms with Gasteiger partial charge in [-0.15, -0.1) is 11.8 Å². The number of thioether (sulfide) groups is 1. The molecule has 1 unspecified atom stereocenters. The number of amides is 1. The van der Waals surface area contributed by atoms with E-state index in [2.05, 4.69) is 5.32 Å². The van der Waals surface area contributed by atoms with E-state index in [0.717, 1.165) is 32.5 Å². The summed E-state index contributed by atoms with van der Waals surface area (Å²) in [5.74, 6) is 1.50. The Morgan fingerprint density at radius 1 is 1.04 bits per heavy atom. The molecule has 1 N–H and O–H groups in total. The highest BCUT2D eigenvalue weighted by Gasteiger charge is 2.14. The molecule has 5 heteroatoms. The monoisotopic (exact) mass is 411 g/mol. The molecule has 0 saturated heterocycles. The van der Waals surface area contributed by atoms with Crippen LogP contribution < -0.4 is 10.1 Å². The van der Waals surface area contributed by atoms with Gasteiger partial charge in [-0.25, -0.2) is 0 Å². The molecule has 28 heavy (non-hydrogen) atoms. The maximum Gasteiger partial charge on any atom is 0.251 e. The van der Waals surface area contributed by atoms with Crippen LogP contribution in [0.5, 0.6) is 5.75 Å². The van der Waals surface area contributed by atoms with Crippen LogP contribution in [0.1, 0.15) is 34.5 Å². The Kier molecular flexibility index (Phi) is 7.01. The number of halogens is 1. The first-order valence-electron chi connectivity index (χ1n) is 8.98. The Morgan fingerprint density at radius 2 is 1.71 bits per heavy atom. The van der Waals surface area contributed by atoms with E-state index in [-0.39, 0.29) is 11.9 Å². The lowest BCUT2D eigenvalue weighted by Gasteiger charge is -2.17. The lowest BCUT2D eigenvalue weighted by atomic mass is 10.1. The molecule has 3 aromatic rings. The smallest absolute Gasteiger partial charge is 0.251 e. The number of methoxy groups -OCH3 is 1. The van der Waals surface area contributed by atoms with Crippen molar-refractivity contribution in [1.29, 1.82) is 0 Å². The maximum absolute atomic E-state index is 12.6. The molecule has 0 aromatic heterocycles. The van der Waals surface area contributed by atoms with Gasteiger partial charge in [0.15, 0.2) is 0 Å². The highest BCUT2D eigenvalue weighted by atomic mass is 35.5. The third-order valence-electron chi connectivity index (χ3n) is 4.39. The van der Waals surface area contributed by atoms with E-state index in [1.807, 2.05) is 79.7 Å². The molecule has 0 aliphatic rings. The second kappa shape index (κ2) is 9.67.